The zero-order valence-electron chi connectivity index (χ0n) is 11.3. The van der Waals surface area contributed by atoms with E-state index in [1.807, 2.05) is 36.1 Å². The first kappa shape index (κ1) is 14.2. The van der Waals surface area contributed by atoms with E-state index in [1.165, 1.54) is 5.56 Å². The molecule has 0 aliphatic rings. The average Bonchev–Trinajstić information content (AvgIpc) is 2.78. The number of hydrogen-bond acceptors (Lipinski definition) is 3. The van der Waals surface area contributed by atoms with Gasteiger partial charge in [-0.2, -0.15) is 0 Å². The van der Waals surface area contributed by atoms with Crippen molar-refractivity contribution >= 4 is 15.9 Å². The monoisotopic (exact) mass is 322 g/mol. The maximum absolute atomic E-state index is 5.93. The van der Waals surface area contributed by atoms with E-state index in [0.29, 0.717) is 6.54 Å². The number of nitrogens with zero attached hydrogens (tertiary/aromatic N) is 3. The molecule has 0 saturated heterocycles. The van der Waals surface area contributed by atoms with Gasteiger partial charge < -0.3 is 10.3 Å². The van der Waals surface area contributed by atoms with Crippen LogP contribution in [0.15, 0.2) is 41.1 Å². The van der Waals surface area contributed by atoms with Gasteiger partial charge in [0.15, 0.2) is 0 Å². The summed E-state index contributed by atoms with van der Waals surface area (Å²) in [7, 11) is 4.08. The summed E-state index contributed by atoms with van der Waals surface area (Å²) in [4.78, 5) is 6.58. The van der Waals surface area contributed by atoms with E-state index in [4.69, 9.17) is 5.73 Å². The van der Waals surface area contributed by atoms with Gasteiger partial charge in [0.2, 0.25) is 0 Å². The smallest absolute Gasteiger partial charge is 0.122 e. The normalized spacial score (nSPS) is 12.9. The number of hydrogen-bond donors (Lipinski definition) is 1. The van der Waals surface area contributed by atoms with E-state index in [2.05, 4.69) is 45.0 Å². The SMILES string of the molecule is CN(Cc1nccn1C)C(CN)c1ccc(Br)cc1. The molecule has 2 aromatic rings. The molecule has 0 bridgehead atoms. The van der Waals surface area contributed by atoms with Crippen LogP contribution in [-0.2, 0) is 13.6 Å². The molecule has 2 N–H and O–H groups in total. The maximum atomic E-state index is 5.93. The van der Waals surface area contributed by atoms with E-state index >= 15 is 0 Å². The van der Waals surface area contributed by atoms with Crippen LogP contribution in [-0.4, -0.2) is 28.0 Å². The first-order valence-corrected chi connectivity index (χ1v) is 7.03. The average molecular weight is 323 g/mol. The van der Waals surface area contributed by atoms with Crippen molar-refractivity contribution in [1.82, 2.24) is 14.5 Å². The van der Waals surface area contributed by atoms with Crippen LogP contribution in [0, 0.1) is 0 Å². The highest BCUT2D eigenvalue weighted by molar-refractivity contribution is 9.10. The largest absolute Gasteiger partial charge is 0.337 e. The third kappa shape index (κ3) is 3.43. The van der Waals surface area contributed by atoms with Crippen molar-refractivity contribution in [2.75, 3.05) is 13.6 Å². The predicted molar refractivity (Wildman–Crippen MR) is 80.6 cm³/mol. The van der Waals surface area contributed by atoms with Gasteiger partial charge >= 0.3 is 0 Å². The van der Waals surface area contributed by atoms with Crippen LogP contribution in [0.1, 0.15) is 17.4 Å². The Morgan fingerprint density at radius 1 is 1.37 bits per heavy atom. The number of aromatic nitrogens is 2. The summed E-state index contributed by atoms with van der Waals surface area (Å²) in [6.07, 6.45) is 3.78. The van der Waals surface area contributed by atoms with Crippen LogP contribution < -0.4 is 5.73 Å². The lowest BCUT2D eigenvalue weighted by atomic mass is 10.1. The second kappa shape index (κ2) is 6.32. The van der Waals surface area contributed by atoms with Gasteiger partial charge in [0.1, 0.15) is 5.82 Å². The number of benzene rings is 1. The topological polar surface area (TPSA) is 47.1 Å². The molecule has 1 atom stereocenters. The molecule has 0 radical (unpaired) electrons. The molecule has 1 unspecified atom stereocenters. The van der Waals surface area contributed by atoms with Crippen LogP contribution in [0.3, 0.4) is 0 Å². The highest BCUT2D eigenvalue weighted by Gasteiger charge is 2.16. The number of likely N-dealkylation sites (N-methyl/N-ethyl adjacent to an activating group) is 1. The zero-order chi connectivity index (χ0) is 13.8. The minimum Gasteiger partial charge on any atom is -0.337 e. The number of imidazole rings is 1. The number of halogens is 1. The summed E-state index contributed by atoms with van der Waals surface area (Å²) in [5, 5.41) is 0. The van der Waals surface area contributed by atoms with Crippen molar-refractivity contribution in [3.8, 4) is 0 Å². The molecule has 5 heteroatoms. The molecular formula is C14H19BrN4. The molecule has 19 heavy (non-hydrogen) atoms. The maximum Gasteiger partial charge on any atom is 0.122 e. The lowest BCUT2D eigenvalue weighted by molar-refractivity contribution is 0.234. The van der Waals surface area contributed by atoms with Crippen molar-refractivity contribution < 1.29 is 0 Å². The fraction of sp³-hybridized carbons (Fsp3) is 0.357. The summed E-state index contributed by atoms with van der Waals surface area (Å²) in [5.74, 6) is 1.04. The lowest BCUT2D eigenvalue weighted by Crippen LogP contribution is -2.31. The highest BCUT2D eigenvalue weighted by Crippen LogP contribution is 2.21. The lowest BCUT2D eigenvalue weighted by Gasteiger charge is -2.27. The van der Waals surface area contributed by atoms with Gasteiger partial charge in [-0.05, 0) is 24.7 Å². The Labute approximate surface area is 122 Å². The van der Waals surface area contributed by atoms with E-state index in [9.17, 15) is 0 Å². The van der Waals surface area contributed by atoms with Crippen molar-refractivity contribution in [3.63, 3.8) is 0 Å². The Balaban J connectivity index is 2.13. The second-order valence-corrected chi connectivity index (χ2v) is 5.59. The van der Waals surface area contributed by atoms with Crippen molar-refractivity contribution in [1.29, 1.82) is 0 Å². The van der Waals surface area contributed by atoms with E-state index in [1.54, 1.807) is 0 Å². The van der Waals surface area contributed by atoms with Crippen LogP contribution in [0.2, 0.25) is 0 Å². The molecule has 1 heterocycles. The van der Waals surface area contributed by atoms with Gasteiger partial charge in [0.25, 0.3) is 0 Å². The molecule has 1 aromatic carbocycles. The van der Waals surface area contributed by atoms with Gasteiger partial charge in [-0.15, -0.1) is 0 Å². The van der Waals surface area contributed by atoms with Crippen LogP contribution >= 0.6 is 15.9 Å². The Morgan fingerprint density at radius 2 is 2.05 bits per heavy atom. The third-order valence-corrected chi connectivity index (χ3v) is 3.85. The first-order chi connectivity index (χ1) is 9.11. The number of aryl methyl sites for hydroxylation is 1. The van der Waals surface area contributed by atoms with Crippen LogP contribution in [0.4, 0.5) is 0 Å². The van der Waals surface area contributed by atoms with Gasteiger partial charge in [-0.3, -0.25) is 4.90 Å². The number of nitrogens with two attached hydrogens (primary N) is 1. The Bertz CT molecular complexity index is 520. The summed E-state index contributed by atoms with van der Waals surface area (Å²) >= 11 is 3.45. The Morgan fingerprint density at radius 3 is 2.58 bits per heavy atom. The fourth-order valence-corrected chi connectivity index (χ4v) is 2.40. The van der Waals surface area contributed by atoms with Crippen molar-refractivity contribution in [2.45, 2.75) is 12.6 Å². The van der Waals surface area contributed by atoms with Crippen molar-refractivity contribution in [3.05, 3.63) is 52.5 Å². The van der Waals surface area contributed by atoms with E-state index < -0.39 is 0 Å². The Kier molecular flexibility index (Phi) is 4.74. The van der Waals surface area contributed by atoms with E-state index in [-0.39, 0.29) is 6.04 Å². The van der Waals surface area contributed by atoms with Crippen LogP contribution in [0.25, 0.3) is 0 Å². The van der Waals surface area contributed by atoms with Gasteiger partial charge in [0, 0.05) is 36.5 Å². The molecule has 0 fully saturated rings. The standard InChI is InChI=1S/C14H19BrN4/c1-18-8-7-17-14(18)10-19(2)13(9-16)11-3-5-12(15)6-4-11/h3-8,13H,9-10,16H2,1-2H3. The quantitative estimate of drug-likeness (QED) is 0.918. The van der Waals surface area contributed by atoms with Gasteiger partial charge in [0.05, 0.1) is 6.54 Å². The molecule has 4 nitrogen and oxygen atoms in total. The fourth-order valence-electron chi connectivity index (χ4n) is 2.14. The molecule has 0 spiro atoms. The van der Waals surface area contributed by atoms with Crippen LogP contribution in [0.5, 0.6) is 0 Å². The molecule has 0 aliphatic heterocycles. The summed E-state index contributed by atoms with van der Waals surface area (Å²) in [5.41, 5.74) is 7.15. The van der Waals surface area contributed by atoms with Gasteiger partial charge in [-0.25, -0.2) is 4.98 Å². The van der Waals surface area contributed by atoms with Crippen molar-refractivity contribution in [2.24, 2.45) is 12.8 Å². The third-order valence-electron chi connectivity index (χ3n) is 3.32. The first-order valence-electron chi connectivity index (χ1n) is 6.23. The molecule has 102 valence electrons. The minimum absolute atomic E-state index is 0.199. The molecule has 2 rings (SSSR count). The number of rotatable bonds is 5. The molecule has 0 amide bonds. The minimum atomic E-state index is 0.199. The zero-order valence-corrected chi connectivity index (χ0v) is 12.8. The summed E-state index contributed by atoms with van der Waals surface area (Å²) in [6.45, 7) is 1.37. The molecule has 1 aromatic heterocycles. The van der Waals surface area contributed by atoms with E-state index in [0.717, 1.165) is 16.8 Å². The Hall–Kier alpha value is -1.17. The molecule has 0 aliphatic carbocycles. The predicted octanol–water partition coefficient (Wildman–Crippen LogP) is 2.31. The molecular weight excluding hydrogens is 304 g/mol. The summed E-state index contributed by atoms with van der Waals surface area (Å²) < 4.78 is 3.12. The highest BCUT2D eigenvalue weighted by atomic mass is 79.9. The summed E-state index contributed by atoms with van der Waals surface area (Å²) in [6, 6.07) is 8.51. The molecule has 0 saturated carbocycles. The second-order valence-electron chi connectivity index (χ2n) is 4.67. The van der Waals surface area contributed by atoms with Gasteiger partial charge in [-0.1, -0.05) is 28.1 Å².